The van der Waals surface area contributed by atoms with Gasteiger partial charge in [0.2, 0.25) is 0 Å². The van der Waals surface area contributed by atoms with Crippen LogP contribution in [-0.2, 0) is 0 Å². The predicted octanol–water partition coefficient (Wildman–Crippen LogP) is 6.16. The monoisotopic (exact) mass is 418 g/mol. The first-order valence-electron chi connectivity index (χ1n) is 10.5. The van der Waals surface area contributed by atoms with Crippen molar-refractivity contribution in [3.63, 3.8) is 0 Å². The Balaban J connectivity index is 1.39. The fraction of sp³-hybridized carbons (Fsp3) is 0.0741. The van der Waals surface area contributed by atoms with Crippen LogP contribution in [0.25, 0.3) is 33.5 Å². The highest BCUT2D eigenvalue weighted by atomic mass is 16.1. The first kappa shape index (κ1) is 19.7. The zero-order chi connectivity index (χ0) is 22.1. The van der Waals surface area contributed by atoms with Crippen molar-refractivity contribution in [1.29, 1.82) is 0 Å². The second-order valence-corrected chi connectivity index (χ2v) is 7.81. The number of rotatable bonds is 4. The van der Waals surface area contributed by atoms with Crippen molar-refractivity contribution in [3.05, 3.63) is 102 Å². The van der Waals surface area contributed by atoms with Gasteiger partial charge in [0.1, 0.15) is 5.82 Å². The molecule has 0 saturated carbocycles. The highest BCUT2D eigenvalue weighted by molar-refractivity contribution is 6.05. The second-order valence-electron chi connectivity index (χ2n) is 7.81. The van der Waals surface area contributed by atoms with Crippen molar-refractivity contribution >= 4 is 22.6 Å². The minimum Gasteiger partial charge on any atom is -0.338 e. The number of H-pyrrole nitrogens is 1. The van der Waals surface area contributed by atoms with Crippen molar-refractivity contribution in [2.24, 2.45) is 0 Å². The Morgan fingerprint density at radius 3 is 2.41 bits per heavy atom. The number of carbonyl (C=O) groups excluding carboxylic acids is 1. The summed E-state index contributed by atoms with van der Waals surface area (Å²) in [5.41, 5.74) is 8.39. The molecule has 2 N–H and O–H groups in total. The molecule has 0 saturated heterocycles. The predicted molar refractivity (Wildman–Crippen MR) is 129 cm³/mol. The van der Waals surface area contributed by atoms with E-state index in [4.69, 9.17) is 4.98 Å². The lowest BCUT2D eigenvalue weighted by atomic mass is 10.0. The van der Waals surface area contributed by atoms with Gasteiger partial charge in [0, 0.05) is 23.1 Å². The molecule has 0 atom stereocenters. The Morgan fingerprint density at radius 1 is 0.844 bits per heavy atom. The Morgan fingerprint density at radius 2 is 1.62 bits per heavy atom. The van der Waals surface area contributed by atoms with E-state index >= 15 is 0 Å². The number of pyridine rings is 1. The van der Waals surface area contributed by atoms with E-state index in [9.17, 15) is 4.79 Å². The average molecular weight is 419 g/mol. The molecule has 0 radical (unpaired) electrons. The molecule has 0 aliphatic carbocycles. The summed E-state index contributed by atoms with van der Waals surface area (Å²) in [7, 11) is 0. The summed E-state index contributed by atoms with van der Waals surface area (Å²) < 4.78 is 0. The Hall–Kier alpha value is -4.25. The number of anilines is 1. The molecule has 0 fully saturated rings. The largest absolute Gasteiger partial charge is 0.338 e. The second kappa shape index (κ2) is 8.12. The van der Waals surface area contributed by atoms with Crippen LogP contribution in [0.5, 0.6) is 0 Å². The fourth-order valence-corrected chi connectivity index (χ4v) is 3.83. The first-order chi connectivity index (χ1) is 15.6. The number of nitrogens with one attached hydrogen (secondary N) is 2. The van der Waals surface area contributed by atoms with E-state index in [1.54, 1.807) is 18.3 Å². The maximum atomic E-state index is 12.5. The number of para-hydroxylation sites is 1. The van der Waals surface area contributed by atoms with Gasteiger partial charge in [-0.25, -0.2) is 4.98 Å². The van der Waals surface area contributed by atoms with E-state index in [0.29, 0.717) is 11.3 Å². The molecule has 2 heterocycles. The summed E-state index contributed by atoms with van der Waals surface area (Å²) in [6.45, 7) is 3.90. The molecule has 0 aliphatic heterocycles. The molecule has 5 aromatic rings. The third-order valence-electron chi connectivity index (χ3n) is 5.58. The molecule has 5 nitrogen and oxygen atoms in total. The van der Waals surface area contributed by atoms with Crippen LogP contribution in [0.1, 0.15) is 21.6 Å². The highest BCUT2D eigenvalue weighted by Gasteiger charge is 2.11. The van der Waals surface area contributed by atoms with E-state index in [-0.39, 0.29) is 5.91 Å². The van der Waals surface area contributed by atoms with E-state index in [0.717, 1.165) is 44.8 Å². The maximum Gasteiger partial charge on any atom is 0.257 e. The number of hydrogen-bond donors (Lipinski definition) is 2. The number of nitrogens with zero attached hydrogens (tertiary/aromatic N) is 2. The smallest absolute Gasteiger partial charge is 0.257 e. The number of carbonyl (C=O) groups is 1. The Kier molecular flexibility index (Phi) is 5.00. The number of fused-ring (bicyclic) bond motifs is 1. The summed E-state index contributed by atoms with van der Waals surface area (Å²) in [6.07, 6.45) is 1.68. The van der Waals surface area contributed by atoms with Crippen LogP contribution in [0.4, 0.5) is 5.69 Å². The molecular weight excluding hydrogens is 396 g/mol. The van der Waals surface area contributed by atoms with E-state index < -0.39 is 0 Å². The topological polar surface area (TPSA) is 70.7 Å². The van der Waals surface area contributed by atoms with Crippen molar-refractivity contribution in [1.82, 2.24) is 15.0 Å². The van der Waals surface area contributed by atoms with Crippen LogP contribution >= 0.6 is 0 Å². The molecule has 0 aliphatic rings. The van der Waals surface area contributed by atoms with Gasteiger partial charge in [-0.1, -0.05) is 42.5 Å². The average Bonchev–Trinajstić information content (AvgIpc) is 3.26. The molecule has 0 bridgehead atoms. The highest BCUT2D eigenvalue weighted by Crippen LogP contribution is 2.28. The number of benzene rings is 3. The molecule has 5 heteroatoms. The maximum absolute atomic E-state index is 12.5. The van der Waals surface area contributed by atoms with Gasteiger partial charge < -0.3 is 10.3 Å². The zero-order valence-corrected chi connectivity index (χ0v) is 17.9. The van der Waals surface area contributed by atoms with Crippen molar-refractivity contribution in [3.8, 4) is 22.5 Å². The standard InChI is InChI=1S/C27H22N4O/c1-17-6-3-10-24-25(17)31-26(30-24)21-8-4-7-20(16-21)19-11-13-22(14-12-19)29-27(32)23-9-5-15-28-18(23)2/h3-16H,1-2H3,(H,29,32)(H,30,31). The zero-order valence-electron chi connectivity index (χ0n) is 17.9. The van der Waals surface area contributed by atoms with E-state index in [1.807, 2.05) is 49.4 Å². The van der Waals surface area contributed by atoms with Crippen molar-refractivity contribution in [2.45, 2.75) is 13.8 Å². The van der Waals surface area contributed by atoms with Gasteiger partial charge in [0.05, 0.1) is 16.6 Å². The SMILES string of the molecule is Cc1ncccc1C(=O)Nc1ccc(-c2cccc(-c3nc4c(C)cccc4[nH]3)c2)cc1. The third kappa shape index (κ3) is 3.76. The van der Waals surface area contributed by atoms with Gasteiger partial charge in [0.25, 0.3) is 5.91 Å². The van der Waals surface area contributed by atoms with Crippen LogP contribution in [0.2, 0.25) is 0 Å². The van der Waals surface area contributed by atoms with Gasteiger partial charge in [-0.2, -0.15) is 0 Å². The number of amides is 1. The summed E-state index contributed by atoms with van der Waals surface area (Å²) in [5, 5.41) is 2.94. The molecule has 32 heavy (non-hydrogen) atoms. The number of aryl methyl sites for hydroxylation is 2. The summed E-state index contributed by atoms with van der Waals surface area (Å²) in [4.78, 5) is 24.9. The van der Waals surface area contributed by atoms with Gasteiger partial charge in [-0.3, -0.25) is 9.78 Å². The molecule has 2 aromatic heterocycles. The van der Waals surface area contributed by atoms with Crippen LogP contribution in [0.3, 0.4) is 0 Å². The van der Waals surface area contributed by atoms with Crippen LogP contribution in [0, 0.1) is 13.8 Å². The van der Waals surface area contributed by atoms with E-state index in [2.05, 4.69) is 46.5 Å². The van der Waals surface area contributed by atoms with Crippen molar-refractivity contribution in [2.75, 3.05) is 5.32 Å². The molecule has 156 valence electrons. The summed E-state index contributed by atoms with van der Waals surface area (Å²) in [5.74, 6) is 0.692. The quantitative estimate of drug-likeness (QED) is 0.367. The normalized spacial score (nSPS) is 10.9. The molecule has 0 unspecified atom stereocenters. The first-order valence-corrected chi connectivity index (χ1v) is 10.5. The number of hydrogen-bond acceptors (Lipinski definition) is 3. The van der Waals surface area contributed by atoms with E-state index in [1.165, 1.54) is 0 Å². The molecule has 3 aromatic carbocycles. The van der Waals surface area contributed by atoms with Gasteiger partial charge in [-0.05, 0) is 66.9 Å². The molecule has 5 rings (SSSR count). The summed E-state index contributed by atoms with van der Waals surface area (Å²) in [6, 6.07) is 25.8. The van der Waals surface area contributed by atoms with Gasteiger partial charge in [-0.15, -0.1) is 0 Å². The fourth-order valence-electron chi connectivity index (χ4n) is 3.83. The summed E-state index contributed by atoms with van der Waals surface area (Å²) >= 11 is 0. The number of aromatic amines is 1. The van der Waals surface area contributed by atoms with Crippen LogP contribution in [-0.4, -0.2) is 20.9 Å². The minimum atomic E-state index is -0.162. The number of aromatic nitrogens is 3. The van der Waals surface area contributed by atoms with Crippen molar-refractivity contribution < 1.29 is 4.79 Å². The lowest BCUT2D eigenvalue weighted by Crippen LogP contribution is -2.13. The van der Waals surface area contributed by atoms with Crippen LogP contribution < -0.4 is 5.32 Å². The minimum absolute atomic E-state index is 0.162. The van der Waals surface area contributed by atoms with Crippen LogP contribution in [0.15, 0.2) is 85.1 Å². The lowest BCUT2D eigenvalue weighted by molar-refractivity contribution is 0.102. The third-order valence-corrected chi connectivity index (χ3v) is 5.58. The Labute approximate surface area is 186 Å². The van der Waals surface area contributed by atoms with Gasteiger partial charge >= 0.3 is 0 Å². The van der Waals surface area contributed by atoms with Gasteiger partial charge in [0.15, 0.2) is 0 Å². The lowest BCUT2D eigenvalue weighted by Gasteiger charge is -2.09. The molecule has 1 amide bonds. The molecule has 0 spiro atoms. The Bertz CT molecular complexity index is 1430. The number of imidazole rings is 1. The molecular formula is C27H22N4O.